The van der Waals surface area contributed by atoms with Gasteiger partial charge in [-0.2, -0.15) is 0 Å². The normalized spacial score (nSPS) is 14.6. The van der Waals surface area contributed by atoms with E-state index >= 15 is 0 Å². The Labute approximate surface area is 158 Å². The molecule has 1 saturated carbocycles. The quantitative estimate of drug-likeness (QED) is 0.712. The summed E-state index contributed by atoms with van der Waals surface area (Å²) in [5.74, 6) is 0.546. The molecule has 0 radical (unpaired) electrons. The van der Waals surface area contributed by atoms with Crippen molar-refractivity contribution >= 4 is 11.8 Å². The Morgan fingerprint density at radius 3 is 2.35 bits per heavy atom. The molecule has 1 aliphatic rings. The topological polar surface area (TPSA) is 45.6 Å². The summed E-state index contributed by atoms with van der Waals surface area (Å²) >= 11 is 0. The van der Waals surface area contributed by atoms with Crippen molar-refractivity contribution in [2.75, 3.05) is 13.1 Å². The number of hydrogen-bond donors (Lipinski definition) is 0. The van der Waals surface area contributed by atoms with Crippen molar-refractivity contribution < 1.29 is 9.59 Å². The van der Waals surface area contributed by atoms with Gasteiger partial charge in [0.1, 0.15) is 6.54 Å². The van der Waals surface area contributed by atoms with Crippen LogP contribution in [-0.4, -0.2) is 45.3 Å². The van der Waals surface area contributed by atoms with E-state index in [4.69, 9.17) is 0 Å². The van der Waals surface area contributed by atoms with Gasteiger partial charge in [0.15, 0.2) is 0 Å². The van der Waals surface area contributed by atoms with E-state index in [9.17, 15) is 9.59 Å². The van der Waals surface area contributed by atoms with Crippen molar-refractivity contribution in [3.05, 3.63) is 24.0 Å². The van der Waals surface area contributed by atoms with E-state index in [-0.39, 0.29) is 29.8 Å². The monoisotopic (exact) mass is 361 g/mol. The van der Waals surface area contributed by atoms with E-state index in [0.717, 1.165) is 18.5 Å². The van der Waals surface area contributed by atoms with Crippen molar-refractivity contribution in [3.63, 3.8) is 0 Å². The number of carbonyl (C=O) groups excluding carboxylic acids is 2. The predicted molar refractivity (Wildman–Crippen MR) is 104 cm³/mol. The highest BCUT2D eigenvalue weighted by atomic mass is 16.2. The highest BCUT2D eigenvalue weighted by Gasteiger charge is 2.36. The molecule has 1 aromatic rings. The van der Waals surface area contributed by atoms with Gasteiger partial charge >= 0.3 is 0 Å². The van der Waals surface area contributed by atoms with Gasteiger partial charge in [-0.05, 0) is 36.3 Å². The highest BCUT2D eigenvalue weighted by Crippen LogP contribution is 2.30. The molecule has 0 aliphatic heterocycles. The molecule has 0 bridgehead atoms. The molecule has 0 atom stereocenters. The first kappa shape index (κ1) is 20.5. The van der Waals surface area contributed by atoms with Crippen LogP contribution in [0.5, 0.6) is 0 Å². The third-order valence-electron chi connectivity index (χ3n) is 4.64. The van der Waals surface area contributed by atoms with Crippen molar-refractivity contribution in [1.29, 1.82) is 0 Å². The molecule has 5 nitrogen and oxygen atoms in total. The van der Waals surface area contributed by atoms with Crippen LogP contribution in [0.15, 0.2) is 18.3 Å². The fourth-order valence-corrected chi connectivity index (χ4v) is 3.16. The number of aryl methyl sites for hydroxylation is 1. The lowest BCUT2D eigenvalue weighted by Gasteiger charge is -2.30. The molecule has 0 aromatic carbocycles. The predicted octanol–water partition coefficient (Wildman–Crippen LogP) is 3.44. The summed E-state index contributed by atoms with van der Waals surface area (Å²) in [6, 6.07) is 4.30. The van der Waals surface area contributed by atoms with Crippen molar-refractivity contribution in [3.8, 4) is 0 Å². The Morgan fingerprint density at radius 2 is 1.88 bits per heavy atom. The number of aromatic nitrogens is 1. The van der Waals surface area contributed by atoms with Gasteiger partial charge in [-0.25, -0.2) is 0 Å². The first-order valence-electron chi connectivity index (χ1n) is 9.74. The van der Waals surface area contributed by atoms with Gasteiger partial charge in [0.25, 0.3) is 0 Å². The third kappa shape index (κ3) is 6.19. The second kappa shape index (κ2) is 8.28. The molecule has 1 fully saturated rings. The van der Waals surface area contributed by atoms with Gasteiger partial charge in [-0.3, -0.25) is 9.59 Å². The van der Waals surface area contributed by atoms with Crippen molar-refractivity contribution in [2.24, 2.45) is 18.4 Å². The number of carbonyl (C=O) groups is 2. The van der Waals surface area contributed by atoms with Crippen molar-refractivity contribution in [1.82, 2.24) is 14.4 Å². The fraction of sp³-hybridized carbons (Fsp3) is 0.714. The zero-order valence-corrected chi connectivity index (χ0v) is 17.3. The zero-order valence-electron chi connectivity index (χ0n) is 17.3. The van der Waals surface area contributed by atoms with E-state index < -0.39 is 0 Å². The van der Waals surface area contributed by atoms with Crippen LogP contribution >= 0.6 is 0 Å². The Balaban J connectivity index is 2.08. The first-order valence-corrected chi connectivity index (χ1v) is 9.74. The van der Waals surface area contributed by atoms with Gasteiger partial charge in [0, 0.05) is 37.9 Å². The molecule has 26 heavy (non-hydrogen) atoms. The van der Waals surface area contributed by atoms with Crippen LogP contribution in [-0.2, 0) is 23.2 Å². The lowest BCUT2D eigenvalue weighted by molar-refractivity contribution is -0.142. The molecule has 5 heteroatoms. The van der Waals surface area contributed by atoms with E-state index in [1.807, 2.05) is 39.7 Å². The second-order valence-electron chi connectivity index (χ2n) is 9.27. The summed E-state index contributed by atoms with van der Waals surface area (Å²) in [4.78, 5) is 29.5. The standard InChI is InChI=1S/C21H35N3O2/c1-16(2)13-23(14-18-8-7-11-22(18)6)20(26)15-24(17-9-10-17)19(25)12-21(3,4)5/h7-8,11,16-17H,9-10,12-15H2,1-6H3. The first-order chi connectivity index (χ1) is 12.1. The molecule has 0 unspecified atom stereocenters. The minimum Gasteiger partial charge on any atom is -0.353 e. The molecule has 1 aliphatic carbocycles. The minimum atomic E-state index is -0.0616. The SMILES string of the molecule is CC(C)CN(Cc1cccn1C)C(=O)CN(C(=O)CC(C)(C)C)C1CC1. The smallest absolute Gasteiger partial charge is 0.242 e. The minimum absolute atomic E-state index is 0.0501. The summed E-state index contributed by atoms with van der Waals surface area (Å²) in [7, 11) is 2.00. The van der Waals surface area contributed by atoms with E-state index in [2.05, 4.69) is 34.6 Å². The van der Waals surface area contributed by atoms with E-state index in [1.165, 1.54) is 0 Å². The number of nitrogens with zero attached hydrogens (tertiary/aromatic N) is 3. The van der Waals surface area contributed by atoms with Crippen LogP contribution in [0.25, 0.3) is 0 Å². The molecule has 2 amide bonds. The summed E-state index contributed by atoms with van der Waals surface area (Å²) in [6.45, 7) is 11.9. The molecule has 0 spiro atoms. The number of amides is 2. The Bertz CT molecular complexity index is 623. The molecule has 146 valence electrons. The van der Waals surface area contributed by atoms with Crippen LogP contribution in [0, 0.1) is 11.3 Å². The Kier molecular flexibility index (Phi) is 6.53. The summed E-state index contributed by atoms with van der Waals surface area (Å²) < 4.78 is 2.05. The maximum Gasteiger partial charge on any atom is 0.242 e. The van der Waals surface area contributed by atoms with Crippen LogP contribution in [0.2, 0.25) is 0 Å². The maximum absolute atomic E-state index is 13.1. The van der Waals surface area contributed by atoms with Crippen molar-refractivity contribution in [2.45, 2.75) is 66.5 Å². The molecular formula is C21H35N3O2. The number of hydrogen-bond acceptors (Lipinski definition) is 2. The van der Waals surface area contributed by atoms with Gasteiger partial charge in [-0.15, -0.1) is 0 Å². The average Bonchev–Trinajstić information content (AvgIpc) is 3.25. The van der Waals surface area contributed by atoms with Gasteiger partial charge in [0.05, 0.1) is 6.54 Å². The second-order valence-corrected chi connectivity index (χ2v) is 9.27. The Morgan fingerprint density at radius 1 is 1.23 bits per heavy atom. The van der Waals surface area contributed by atoms with Crippen LogP contribution in [0.4, 0.5) is 0 Å². The third-order valence-corrected chi connectivity index (χ3v) is 4.64. The molecule has 0 N–H and O–H groups in total. The average molecular weight is 362 g/mol. The maximum atomic E-state index is 13.1. The number of rotatable bonds is 8. The largest absolute Gasteiger partial charge is 0.353 e. The van der Waals surface area contributed by atoms with Crippen LogP contribution < -0.4 is 0 Å². The molecule has 1 aromatic heterocycles. The van der Waals surface area contributed by atoms with E-state index in [0.29, 0.717) is 25.4 Å². The summed E-state index contributed by atoms with van der Waals surface area (Å²) in [5.41, 5.74) is 1.05. The van der Waals surface area contributed by atoms with Crippen LogP contribution in [0.3, 0.4) is 0 Å². The highest BCUT2D eigenvalue weighted by molar-refractivity contribution is 5.85. The summed E-state index contributed by atoms with van der Waals surface area (Å²) in [5, 5.41) is 0. The van der Waals surface area contributed by atoms with E-state index in [1.54, 1.807) is 0 Å². The van der Waals surface area contributed by atoms with Gasteiger partial charge in [-0.1, -0.05) is 34.6 Å². The fourth-order valence-electron chi connectivity index (χ4n) is 3.16. The summed E-state index contributed by atoms with van der Waals surface area (Å²) in [6.07, 6.45) is 4.52. The lowest BCUT2D eigenvalue weighted by Crippen LogP contribution is -2.45. The van der Waals surface area contributed by atoms with Gasteiger partial charge in [0.2, 0.25) is 11.8 Å². The van der Waals surface area contributed by atoms with Gasteiger partial charge < -0.3 is 14.4 Å². The molecule has 1 heterocycles. The molecule has 2 rings (SSSR count). The zero-order chi connectivity index (χ0) is 19.5. The molecular weight excluding hydrogens is 326 g/mol. The molecule has 0 saturated heterocycles. The van der Waals surface area contributed by atoms with Crippen LogP contribution in [0.1, 0.15) is 59.6 Å². The Hall–Kier alpha value is -1.78. The lowest BCUT2D eigenvalue weighted by atomic mass is 9.91.